The Balaban J connectivity index is 4.46. The molecule has 0 aromatic carbocycles. The minimum Gasteiger partial charge on any atom is -0.466 e. The van der Waals surface area contributed by atoms with Gasteiger partial charge < -0.3 is 9.47 Å². The molecule has 0 aromatic rings. The average molecular weight is 416 g/mol. The number of rotatable bonds is 12. The Kier molecular flexibility index (Phi) is 9.47. The smallest absolute Gasteiger partial charge is 0.381 e. The Morgan fingerprint density at radius 2 is 1.41 bits per heavy atom. The third kappa shape index (κ3) is 7.13. The van der Waals surface area contributed by atoms with Crippen LogP contribution >= 0.6 is 0 Å². The molecule has 0 rings (SSSR count). The van der Waals surface area contributed by atoms with Crippen LogP contribution in [-0.4, -0.2) is 49.3 Å². The van der Waals surface area contributed by atoms with Gasteiger partial charge in [-0.3, -0.25) is 9.59 Å². The van der Waals surface area contributed by atoms with E-state index in [9.17, 15) is 44.7 Å². The molecule has 0 heterocycles. The van der Waals surface area contributed by atoms with Crippen molar-refractivity contribution >= 4 is 11.9 Å². The van der Waals surface area contributed by atoms with Crippen molar-refractivity contribution in [2.24, 2.45) is 5.92 Å². The molecule has 0 bridgehead atoms. The van der Waals surface area contributed by atoms with Crippen molar-refractivity contribution in [2.75, 3.05) is 13.2 Å². The van der Waals surface area contributed by atoms with Gasteiger partial charge in [-0.1, -0.05) is 20.3 Å². The zero-order chi connectivity index (χ0) is 21.5. The second-order valence-electron chi connectivity index (χ2n) is 5.89. The predicted octanol–water partition coefficient (Wildman–Crippen LogP) is 4.46. The molecule has 160 valence electrons. The van der Waals surface area contributed by atoms with Crippen LogP contribution in [0.4, 0.5) is 35.1 Å². The second kappa shape index (κ2) is 10.1. The number of esters is 2. The summed E-state index contributed by atoms with van der Waals surface area (Å²) in [6.07, 6.45) is -5.12. The Morgan fingerprint density at radius 3 is 1.85 bits per heavy atom. The van der Waals surface area contributed by atoms with Crippen molar-refractivity contribution in [1.29, 1.82) is 0 Å². The van der Waals surface area contributed by atoms with E-state index in [2.05, 4.69) is 4.74 Å². The fourth-order valence-electron chi connectivity index (χ4n) is 1.57. The number of hydrogen-bond donors (Lipinski definition) is 0. The second-order valence-corrected chi connectivity index (χ2v) is 5.89. The SMILES string of the molecule is CCC(C)CCOC(=O)CCC(=O)OCC(F)(F)C(F)(F)C(F)(F)C(F)F. The summed E-state index contributed by atoms with van der Waals surface area (Å²) in [7, 11) is 0. The first kappa shape index (κ1) is 25.4. The quantitative estimate of drug-likeness (QED) is 0.348. The van der Waals surface area contributed by atoms with E-state index in [-0.39, 0.29) is 12.5 Å². The van der Waals surface area contributed by atoms with Crippen LogP contribution < -0.4 is 0 Å². The van der Waals surface area contributed by atoms with E-state index in [1.54, 1.807) is 0 Å². The van der Waals surface area contributed by atoms with Gasteiger partial charge in [0.15, 0.2) is 6.61 Å². The lowest BCUT2D eigenvalue weighted by Crippen LogP contribution is -2.59. The maximum atomic E-state index is 13.2. The van der Waals surface area contributed by atoms with Gasteiger partial charge in [-0.2, -0.15) is 26.3 Å². The molecule has 0 saturated carbocycles. The topological polar surface area (TPSA) is 52.6 Å². The molecule has 0 aliphatic heterocycles. The first-order valence-electron chi connectivity index (χ1n) is 7.91. The van der Waals surface area contributed by atoms with Gasteiger partial charge in [0, 0.05) is 0 Å². The fraction of sp³-hybridized carbons (Fsp3) is 0.867. The van der Waals surface area contributed by atoms with E-state index in [1.807, 2.05) is 13.8 Å². The predicted molar refractivity (Wildman–Crippen MR) is 76.1 cm³/mol. The Hall–Kier alpha value is -1.62. The highest BCUT2D eigenvalue weighted by Crippen LogP contribution is 2.48. The molecular weight excluding hydrogens is 396 g/mol. The minimum absolute atomic E-state index is 0.0515. The Labute approximate surface area is 150 Å². The lowest BCUT2D eigenvalue weighted by molar-refractivity contribution is -0.344. The summed E-state index contributed by atoms with van der Waals surface area (Å²) in [6.45, 7) is 1.32. The van der Waals surface area contributed by atoms with Crippen molar-refractivity contribution in [2.45, 2.75) is 63.7 Å². The summed E-state index contributed by atoms with van der Waals surface area (Å²) < 4.78 is 110. The summed E-state index contributed by atoms with van der Waals surface area (Å²) >= 11 is 0. The van der Waals surface area contributed by atoms with Gasteiger partial charge in [-0.25, -0.2) is 8.78 Å². The van der Waals surface area contributed by atoms with Gasteiger partial charge in [-0.05, 0) is 12.3 Å². The molecule has 0 fully saturated rings. The summed E-state index contributed by atoms with van der Waals surface area (Å²) in [5.74, 6) is -20.7. The lowest BCUT2D eigenvalue weighted by Gasteiger charge is -2.31. The van der Waals surface area contributed by atoms with Crippen LogP contribution in [0.3, 0.4) is 0 Å². The van der Waals surface area contributed by atoms with Crippen LogP contribution in [0.1, 0.15) is 39.5 Å². The van der Waals surface area contributed by atoms with E-state index >= 15 is 0 Å². The molecule has 0 aliphatic rings. The van der Waals surface area contributed by atoms with Crippen molar-refractivity contribution in [3.05, 3.63) is 0 Å². The molecule has 1 atom stereocenters. The van der Waals surface area contributed by atoms with Crippen molar-refractivity contribution in [1.82, 2.24) is 0 Å². The standard InChI is InChI=1S/C15H20F8O4/c1-3-9(2)6-7-26-10(24)4-5-11(25)27-8-13(18,19)15(22,23)14(20,21)12(16)17/h9,12H,3-8H2,1-2H3. The number of carbonyl (C=O) groups excluding carboxylic acids is 2. The van der Waals surface area contributed by atoms with Crippen molar-refractivity contribution < 1.29 is 54.2 Å². The largest absolute Gasteiger partial charge is 0.466 e. The summed E-state index contributed by atoms with van der Waals surface area (Å²) in [5.41, 5.74) is 0. The Bertz CT molecular complexity index is 496. The van der Waals surface area contributed by atoms with E-state index in [1.165, 1.54) is 0 Å². The van der Waals surface area contributed by atoms with E-state index in [0.29, 0.717) is 6.42 Å². The van der Waals surface area contributed by atoms with Crippen LogP contribution in [0, 0.1) is 5.92 Å². The first-order valence-corrected chi connectivity index (χ1v) is 7.91. The third-order valence-electron chi connectivity index (χ3n) is 3.67. The number of ether oxygens (including phenoxy) is 2. The summed E-state index contributed by atoms with van der Waals surface area (Å²) in [6, 6.07) is 0. The van der Waals surface area contributed by atoms with Gasteiger partial charge in [0.1, 0.15) is 0 Å². The third-order valence-corrected chi connectivity index (χ3v) is 3.67. The number of hydrogen-bond acceptors (Lipinski definition) is 4. The van der Waals surface area contributed by atoms with Gasteiger partial charge in [0.2, 0.25) is 0 Å². The molecule has 0 aliphatic carbocycles. The van der Waals surface area contributed by atoms with Crippen molar-refractivity contribution in [3.8, 4) is 0 Å². The molecule has 0 radical (unpaired) electrons. The van der Waals surface area contributed by atoms with Gasteiger partial charge in [0.05, 0.1) is 19.4 Å². The maximum Gasteiger partial charge on any atom is 0.381 e. The van der Waals surface area contributed by atoms with Gasteiger partial charge in [-0.15, -0.1) is 0 Å². The number of alkyl halides is 8. The van der Waals surface area contributed by atoms with Crippen LogP contribution in [0.15, 0.2) is 0 Å². The summed E-state index contributed by atoms with van der Waals surface area (Å²) in [4.78, 5) is 22.5. The van der Waals surface area contributed by atoms with Crippen molar-refractivity contribution in [3.63, 3.8) is 0 Å². The van der Waals surface area contributed by atoms with Crippen LogP contribution in [0.25, 0.3) is 0 Å². The van der Waals surface area contributed by atoms with Crippen LogP contribution in [-0.2, 0) is 19.1 Å². The molecule has 0 aromatic heterocycles. The van der Waals surface area contributed by atoms with Crippen LogP contribution in [0.2, 0.25) is 0 Å². The number of carbonyl (C=O) groups is 2. The van der Waals surface area contributed by atoms with Gasteiger partial charge >= 0.3 is 36.1 Å². The first-order chi connectivity index (χ1) is 12.2. The number of halogens is 8. The summed E-state index contributed by atoms with van der Waals surface area (Å²) in [5, 5.41) is 0. The molecule has 1 unspecified atom stereocenters. The zero-order valence-corrected chi connectivity index (χ0v) is 14.6. The normalized spacial score (nSPS) is 14.2. The molecule has 0 amide bonds. The Morgan fingerprint density at radius 1 is 0.926 bits per heavy atom. The average Bonchev–Trinajstić information content (AvgIpc) is 2.57. The lowest BCUT2D eigenvalue weighted by atomic mass is 10.1. The van der Waals surface area contributed by atoms with Gasteiger partial charge in [0.25, 0.3) is 0 Å². The maximum absolute atomic E-state index is 13.2. The highest BCUT2D eigenvalue weighted by atomic mass is 19.4. The molecule has 27 heavy (non-hydrogen) atoms. The minimum atomic E-state index is -6.46. The highest BCUT2D eigenvalue weighted by molar-refractivity contribution is 5.77. The zero-order valence-electron chi connectivity index (χ0n) is 14.6. The highest BCUT2D eigenvalue weighted by Gasteiger charge is 2.75. The fourth-order valence-corrected chi connectivity index (χ4v) is 1.57. The molecule has 0 saturated heterocycles. The molecular formula is C15H20F8O4. The molecule has 12 heteroatoms. The van der Waals surface area contributed by atoms with Crippen LogP contribution in [0.5, 0.6) is 0 Å². The molecule has 0 N–H and O–H groups in total. The molecule has 4 nitrogen and oxygen atoms in total. The molecule has 0 spiro atoms. The van der Waals surface area contributed by atoms with E-state index < -0.39 is 55.6 Å². The van der Waals surface area contributed by atoms with E-state index in [4.69, 9.17) is 4.74 Å². The monoisotopic (exact) mass is 416 g/mol. The van der Waals surface area contributed by atoms with E-state index in [0.717, 1.165) is 6.42 Å².